The Labute approximate surface area is 101 Å². The Hall–Kier alpha value is -1.58. The molecule has 3 nitrogen and oxygen atoms in total. The molecule has 17 heavy (non-hydrogen) atoms. The second kappa shape index (κ2) is 5.17. The Morgan fingerprint density at radius 2 is 1.88 bits per heavy atom. The molecule has 1 aromatic rings. The van der Waals surface area contributed by atoms with Crippen LogP contribution >= 0.6 is 0 Å². The molecule has 4 heteroatoms. The van der Waals surface area contributed by atoms with Gasteiger partial charge < -0.3 is 10.2 Å². The molecule has 0 heterocycles. The predicted octanol–water partition coefficient (Wildman–Crippen LogP) is 3.23. The highest BCUT2D eigenvalue weighted by Crippen LogP contribution is 2.23. The first-order valence-corrected chi connectivity index (χ1v) is 5.96. The van der Waals surface area contributed by atoms with Crippen LogP contribution in [0.2, 0.25) is 0 Å². The average molecular weight is 236 g/mol. The Morgan fingerprint density at radius 3 is 2.47 bits per heavy atom. The van der Waals surface area contributed by atoms with Gasteiger partial charge in [0.05, 0.1) is 0 Å². The molecule has 1 fully saturated rings. The number of anilines is 1. The third kappa shape index (κ3) is 2.96. The van der Waals surface area contributed by atoms with Crippen LogP contribution < -0.4 is 5.32 Å². The minimum atomic E-state index is -0.299. The van der Waals surface area contributed by atoms with Gasteiger partial charge in [0.1, 0.15) is 5.82 Å². The summed E-state index contributed by atoms with van der Waals surface area (Å²) in [5.41, 5.74) is 0.626. The molecule has 2 amide bonds. The van der Waals surface area contributed by atoms with Crippen LogP contribution in [-0.4, -0.2) is 24.0 Å². The fourth-order valence-corrected chi connectivity index (χ4v) is 2.20. The second-order valence-corrected chi connectivity index (χ2v) is 4.49. The van der Waals surface area contributed by atoms with Gasteiger partial charge in [-0.2, -0.15) is 0 Å². The molecule has 0 saturated heterocycles. The SMILES string of the molecule is CN(C(=O)Nc1ccc(F)cc1)C1CCCC1. The molecule has 0 aromatic heterocycles. The first-order chi connectivity index (χ1) is 8.16. The zero-order valence-corrected chi connectivity index (χ0v) is 9.95. The molecule has 0 spiro atoms. The van der Waals surface area contributed by atoms with E-state index in [1.54, 1.807) is 17.0 Å². The van der Waals surface area contributed by atoms with Crippen LogP contribution in [0.5, 0.6) is 0 Å². The van der Waals surface area contributed by atoms with Crippen molar-refractivity contribution in [2.24, 2.45) is 0 Å². The lowest BCUT2D eigenvalue weighted by molar-refractivity contribution is 0.205. The van der Waals surface area contributed by atoms with Crippen LogP contribution in [0.3, 0.4) is 0 Å². The molecule has 2 rings (SSSR count). The topological polar surface area (TPSA) is 32.3 Å². The van der Waals surface area contributed by atoms with Crippen molar-refractivity contribution in [3.63, 3.8) is 0 Å². The first kappa shape index (κ1) is 11.9. The molecule has 0 atom stereocenters. The van der Waals surface area contributed by atoms with Crippen LogP contribution in [0, 0.1) is 5.82 Å². The summed E-state index contributed by atoms with van der Waals surface area (Å²) in [6, 6.07) is 6.03. The molecule has 0 bridgehead atoms. The highest BCUT2D eigenvalue weighted by atomic mass is 19.1. The summed E-state index contributed by atoms with van der Waals surface area (Å²) in [5, 5.41) is 2.77. The van der Waals surface area contributed by atoms with Crippen LogP contribution in [0.15, 0.2) is 24.3 Å². The van der Waals surface area contributed by atoms with E-state index in [0.717, 1.165) is 12.8 Å². The smallest absolute Gasteiger partial charge is 0.321 e. The summed E-state index contributed by atoms with van der Waals surface area (Å²) >= 11 is 0. The van der Waals surface area contributed by atoms with Gasteiger partial charge in [0.15, 0.2) is 0 Å². The van der Waals surface area contributed by atoms with Crippen molar-refractivity contribution >= 4 is 11.7 Å². The van der Waals surface area contributed by atoms with Gasteiger partial charge in [0.25, 0.3) is 0 Å². The van der Waals surface area contributed by atoms with Gasteiger partial charge in [0.2, 0.25) is 0 Å². The summed E-state index contributed by atoms with van der Waals surface area (Å²) in [6.45, 7) is 0. The third-order valence-corrected chi connectivity index (χ3v) is 3.29. The Balaban J connectivity index is 1.93. The number of hydrogen-bond donors (Lipinski definition) is 1. The predicted molar refractivity (Wildman–Crippen MR) is 65.4 cm³/mol. The zero-order chi connectivity index (χ0) is 12.3. The average Bonchev–Trinajstić information content (AvgIpc) is 2.84. The lowest BCUT2D eigenvalue weighted by Crippen LogP contribution is -2.38. The highest BCUT2D eigenvalue weighted by Gasteiger charge is 2.23. The molecule has 92 valence electrons. The van der Waals surface area contributed by atoms with Gasteiger partial charge in [-0.15, -0.1) is 0 Å². The van der Waals surface area contributed by atoms with E-state index < -0.39 is 0 Å². The number of amides is 2. The summed E-state index contributed by atoms with van der Waals surface area (Å²) < 4.78 is 12.7. The molecule has 0 radical (unpaired) electrons. The molecule has 0 unspecified atom stereocenters. The number of halogens is 1. The van der Waals surface area contributed by atoms with Gasteiger partial charge in [0, 0.05) is 18.8 Å². The van der Waals surface area contributed by atoms with Crippen molar-refractivity contribution in [3.8, 4) is 0 Å². The zero-order valence-electron chi connectivity index (χ0n) is 9.95. The van der Waals surface area contributed by atoms with Crippen molar-refractivity contribution in [1.29, 1.82) is 0 Å². The summed E-state index contributed by atoms with van der Waals surface area (Å²) in [6.07, 6.45) is 4.54. The van der Waals surface area contributed by atoms with E-state index in [1.807, 2.05) is 7.05 Å². The Kier molecular flexibility index (Phi) is 3.61. The molecular formula is C13H17FN2O. The maximum Gasteiger partial charge on any atom is 0.321 e. The molecule has 0 aliphatic heterocycles. The van der Waals surface area contributed by atoms with Crippen LogP contribution in [0.25, 0.3) is 0 Å². The Bertz CT molecular complexity index is 385. The van der Waals surface area contributed by atoms with Crippen molar-refractivity contribution < 1.29 is 9.18 Å². The van der Waals surface area contributed by atoms with E-state index >= 15 is 0 Å². The number of nitrogens with zero attached hydrogens (tertiary/aromatic N) is 1. The molecule has 1 aliphatic rings. The third-order valence-electron chi connectivity index (χ3n) is 3.29. The van der Waals surface area contributed by atoms with Gasteiger partial charge in [-0.05, 0) is 37.1 Å². The lowest BCUT2D eigenvalue weighted by Gasteiger charge is -2.24. The lowest BCUT2D eigenvalue weighted by atomic mass is 10.2. The summed E-state index contributed by atoms with van der Waals surface area (Å²) in [4.78, 5) is 13.7. The fourth-order valence-electron chi connectivity index (χ4n) is 2.20. The van der Waals surface area contributed by atoms with Crippen molar-refractivity contribution in [3.05, 3.63) is 30.1 Å². The van der Waals surface area contributed by atoms with Crippen LogP contribution in [-0.2, 0) is 0 Å². The summed E-state index contributed by atoms with van der Waals surface area (Å²) in [7, 11) is 1.81. The summed E-state index contributed by atoms with van der Waals surface area (Å²) in [5.74, 6) is -0.299. The van der Waals surface area contributed by atoms with Gasteiger partial charge in [-0.25, -0.2) is 9.18 Å². The molecular weight excluding hydrogens is 219 g/mol. The number of nitrogens with one attached hydrogen (secondary N) is 1. The number of carbonyl (C=O) groups excluding carboxylic acids is 1. The number of rotatable bonds is 2. The quantitative estimate of drug-likeness (QED) is 0.840. The molecule has 1 saturated carbocycles. The number of carbonyl (C=O) groups is 1. The minimum Gasteiger partial charge on any atom is -0.325 e. The fraction of sp³-hybridized carbons (Fsp3) is 0.462. The largest absolute Gasteiger partial charge is 0.325 e. The second-order valence-electron chi connectivity index (χ2n) is 4.49. The van der Waals surface area contributed by atoms with E-state index in [1.165, 1.54) is 25.0 Å². The van der Waals surface area contributed by atoms with Crippen LogP contribution in [0.4, 0.5) is 14.9 Å². The van der Waals surface area contributed by atoms with Crippen molar-refractivity contribution in [2.45, 2.75) is 31.7 Å². The Morgan fingerprint density at radius 1 is 1.29 bits per heavy atom. The standard InChI is InChI=1S/C13H17FN2O/c1-16(12-4-2-3-5-12)13(17)15-11-8-6-10(14)7-9-11/h6-9,12H,2-5H2,1H3,(H,15,17). The van der Waals surface area contributed by atoms with Crippen LogP contribution in [0.1, 0.15) is 25.7 Å². The molecule has 1 aromatic carbocycles. The first-order valence-electron chi connectivity index (χ1n) is 5.96. The number of urea groups is 1. The van der Waals surface area contributed by atoms with E-state index in [2.05, 4.69) is 5.32 Å². The molecule has 1 N–H and O–H groups in total. The molecule has 1 aliphatic carbocycles. The monoisotopic (exact) mass is 236 g/mol. The van der Waals surface area contributed by atoms with E-state index in [0.29, 0.717) is 11.7 Å². The van der Waals surface area contributed by atoms with Gasteiger partial charge >= 0.3 is 6.03 Å². The van der Waals surface area contributed by atoms with E-state index in [-0.39, 0.29) is 11.8 Å². The maximum absolute atomic E-state index is 12.7. The van der Waals surface area contributed by atoms with E-state index in [4.69, 9.17) is 0 Å². The van der Waals surface area contributed by atoms with Gasteiger partial charge in [-0.3, -0.25) is 0 Å². The normalized spacial score (nSPS) is 15.9. The van der Waals surface area contributed by atoms with Gasteiger partial charge in [-0.1, -0.05) is 12.8 Å². The number of benzene rings is 1. The number of hydrogen-bond acceptors (Lipinski definition) is 1. The minimum absolute atomic E-state index is 0.122. The van der Waals surface area contributed by atoms with Crippen molar-refractivity contribution in [2.75, 3.05) is 12.4 Å². The van der Waals surface area contributed by atoms with Crippen molar-refractivity contribution in [1.82, 2.24) is 4.90 Å². The maximum atomic E-state index is 12.7. The highest BCUT2D eigenvalue weighted by molar-refractivity contribution is 5.89. The van der Waals surface area contributed by atoms with E-state index in [9.17, 15) is 9.18 Å².